The molecular weight excluding hydrogens is 142 g/mol. The molecule has 0 bridgehead atoms. The van der Waals surface area contributed by atoms with Crippen LogP contribution in [0.15, 0.2) is 12.0 Å². The molecule has 0 spiro atoms. The van der Waals surface area contributed by atoms with Crippen molar-refractivity contribution in [1.82, 2.24) is 0 Å². The standard InChI is InChI=1S/C6H9NO.C2H6O/c1-4-8-5-6(2)7-3;1-2-3/h5H,4H2,1-2H3;3H,2H2,1H3/b6-5+;. The van der Waals surface area contributed by atoms with Crippen molar-refractivity contribution >= 4 is 0 Å². The Morgan fingerprint density at radius 3 is 2.36 bits per heavy atom. The molecule has 0 aliphatic heterocycles. The van der Waals surface area contributed by atoms with E-state index in [2.05, 4.69) is 4.85 Å². The van der Waals surface area contributed by atoms with E-state index in [-0.39, 0.29) is 6.61 Å². The van der Waals surface area contributed by atoms with Crippen LogP contribution >= 0.6 is 0 Å². The van der Waals surface area contributed by atoms with Crippen LogP contribution in [-0.4, -0.2) is 18.3 Å². The van der Waals surface area contributed by atoms with Gasteiger partial charge < -0.3 is 9.84 Å². The van der Waals surface area contributed by atoms with Crippen LogP contribution < -0.4 is 0 Å². The van der Waals surface area contributed by atoms with E-state index in [9.17, 15) is 0 Å². The van der Waals surface area contributed by atoms with Crippen molar-refractivity contribution < 1.29 is 9.84 Å². The van der Waals surface area contributed by atoms with Crippen LogP contribution in [0.5, 0.6) is 0 Å². The lowest BCUT2D eigenvalue weighted by atomic mass is 10.6. The third-order valence-electron chi connectivity index (χ3n) is 0.597. The van der Waals surface area contributed by atoms with Gasteiger partial charge in [-0.1, -0.05) is 0 Å². The number of nitrogens with zero attached hydrogens (tertiary/aromatic N) is 1. The average molecular weight is 157 g/mol. The largest absolute Gasteiger partial charge is 0.513 e. The molecule has 0 aromatic rings. The topological polar surface area (TPSA) is 33.8 Å². The summed E-state index contributed by atoms with van der Waals surface area (Å²) in [5, 5.41) is 7.57. The van der Waals surface area contributed by atoms with Gasteiger partial charge in [-0.25, -0.2) is 4.85 Å². The van der Waals surface area contributed by atoms with Crippen molar-refractivity contribution in [2.75, 3.05) is 13.2 Å². The lowest BCUT2D eigenvalue weighted by Crippen LogP contribution is -1.77. The Labute approximate surface area is 68.1 Å². The Morgan fingerprint density at radius 2 is 2.09 bits per heavy atom. The highest BCUT2D eigenvalue weighted by molar-refractivity contribution is 5.01. The van der Waals surface area contributed by atoms with Gasteiger partial charge in [-0.05, 0) is 20.8 Å². The molecule has 1 N–H and O–H groups in total. The Hall–Kier alpha value is -1.01. The number of allylic oxidation sites excluding steroid dienone is 1. The average Bonchev–Trinajstić information content (AvgIpc) is 2.02. The molecular formula is C8H15NO2. The quantitative estimate of drug-likeness (QED) is 0.490. The van der Waals surface area contributed by atoms with E-state index in [1.807, 2.05) is 6.92 Å². The van der Waals surface area contributed by atoms with Crippen molar-refractivity contribution in [2.24, 2.45) is 0 Å². The molecule has 0 aliphatic carbocycles. The molecule has 0 rings (SSSR count). The zero-order valence-corrected chi connectivity index (χ0v) is 7.29. The van der Waals surface area contributed by atoms with Crippen LogP contribution in [0, 0.1) is 6.57 Å². The van der Waals surface area contributed by atoms with E-state index in [4.69, 9.17) is 16.4 Å². The van der Waals surface area contributed by atoms with Crippen LogP contribution in [0.25, 0.3) is 4.85 Å². The molecule has 0 saturated carbocycles. The van der Waals surface area contributed by atoms with Crippen molar-refractivity contribution in [2.45, 2.75) is 20.8 Å². The Balaban J connectivity index is 0. The third kappa shape index (κ3) is 17.6. The summed E-state index contributed by atoms with van der Waals surface area (Å²) in [7, 11) is 0. The first-order valence-corrected chi connectivity index (χ1v) is 3.49. The summed E-state index contributed by atoms with van der Waals surface area (Å²) in [6, 6.07) is 0. The molecule has 0 heterocycles. The van der Waals surface area contributed by atoms with Crippen LogP contribution in [0.1, 0.15) is 20.8 Å². The molecule has 0 aromatic heterocycles. The minimum atomic E-state index is 0.250. The van der Waals surface area contributed by atoms with Crippen molar-refractivity contribution in [1.29, 1.82) is 0 Å². The highest BCUT2D eigenvalue weighted by Crippen LogP contribution is 1.92. The maximum Gasteiger partial charge on any atom is 0.196 e. The van der Waals surface area contributed by atoms with Crippen molar-refractivity contribution in [3.8, 4) is 0 Å². The minimum absolute atomic E-state index is 0.250. The van der Waals surface area contributed by atoms with Crippen molar-refractivity contribution in [3.05, 3.63) is 23.4 Å². The summed E-state index contributed by atoms with van der Waals surface area (Å²) in [6.45, 7) is 12.6. The van der Waals surface area contributed by atoms with Gasteiger partial charge in [0.25, 0.3) is 0 Å². The van der Waals surface area contributed by atoms with Gasteiger partial charge in [-0.2, -0.15) is 0 Å². The van der Waals surface area contributed by atoms with Gasteiger partial charge in [-0.15, -0.1) is 0 Å². The number of aliphatic hydroxyl groups excluding tert-OH is 1. The van der Waals surface area contributed by atoms with Gasteiger partial charge in [0, 0.05) is 6.61 Å². The summed E-state index contributed by atoms with van der Waals surface area (Å²) in [5.41, 5.74) is 0.590. The van der Waals surface area contributed by atoms with Crippen LogP contribution in [0.2, 0.25) is 0 Å². The molecule has 3 nitrogen and oxygen atoms in total. The van der Waals surface area contributed by atoms with Crippen LogP contribution in [0.3, 0.4) is 0 Å². The molecule has 64 valence electrons. The first-order chi connectivity index (χ1) is 5.22. The number of hydrogen-bond donors (Lipinski definition) is 1. The zero-order valence-electron chi connectivity index (χ0n) is 7.29. The maximum absolute atomic E-state index is 7.57. The SMILES string of the molecule is CCO.[C-]#[N+]/C(C)=C/OCC. The lowest BCUT2D eigenvalue weighted by molar-refractivity contribution is 0.267. The predicted molar refractivity (Wildman–Crippen MR) is 44.7 cm³/mol. The summed E-state index contributed by atoms with van der Waals surface area (Å²) in [6.07, 6.45) is 1.47. The molecule has 0 aliphatic rings. The molecule has 0 radical (unpaired) electrons. The van der Waals surface area contributed by atoms with E-state index >= 15 is 0 Å². The lowest BCUT2D eigenvalue weighted by Gasteiger charge is -1.90. The molecule has 3 heteroatoms. The fourth-order valence-electron chi connectivity index (χ4n) is 0.230. The third-order valence-corrected chi connectivity index (χ3v) is 0.597. The highest BCUT2D eigenvalue weighted by atomic mass is 16.5. The highest BCUT2D eigenvalue weighted by Gasteiger charge is 1.79. The van der Waals surface area contributed by atoms with E-state index in [0.29, 0.717) is 12.3 Å². The van der Waals surface area contributed by atoms with Crippen LogP contribution in [0.4, 0.5) is 0 Å². The van der Waals surface area contributed by atoms with Gasteiger partial charge in [0.2, 0.25) is 0 Å². The molecule has 0 fully saturated rings. The fourth-order valence-corrected chi connectivity index (χ4v) is 0.230. The van der Waals surface area contributed by atoms with Gasteiger partial charge in [-0.3, -0.25) is 0 Å². The Morgan fingerprint density at radius 1 is 1.64 bits per heavy atom. The number of ether oxygens (including phenoxy) is 1. The van der Waals surface area contributed by atoms with Gasteiger partial charge in [0.15, 0.2) is 5.70 Å². The summed E-state index contributed by atoms with van der Waals surface area (Å²) < 4.78 is 4.81. The second-order valence-electron chi connectivity index (χ2n) is 1.64. The molecule has 0 unspecified atom stereocenters. The number of hydrogen-bond acceptors (Lipinski definition) is 2. The maximum atomic E-state index is 7.57. The first-order valence-electron chi connectivity index (χ1n) is 3.49. The van der Waals surface area contributed by atoms with E-state index in [1.165, 1.54) is 6.26 Å². The molecule has 0 saturated heterocycles. The Kier molecular flexibility index (Phi) is 13.5. The van der Waals surface area contributed by atoms with E-state index < -0.39 is 0 Å². The van der Waals surface area contributed by atoms with Gasteiger partial charge in [0.05, 0.1) is 19.4 Å². The minimum Gasteiger partial charge on any atom is -0.513 e. The molecule has 0 atom stereocenters. The number of rotatable bonds is 2. The monoisotopic (exact) mass is 157 g/mol. The molecule has 0 aromatic carbocycles. The Bertz CT molecular complexity index is 136. The van der Waals surface area contributed by atoms with Gasteiger partial charge >= 0.3 is 0 Å². The second kappa shape index (κ2) is 11.7. The predicted octanol–water partition coefficient (Wildman–Crippen LogP) is 1.80. The molecule has 11 heavy (non-hydrogen) atoms. The smallest absolute Gasteiger partial charge is 0.196 e. The zero-order chi connectivity index (χ0) is 9.11. The van der Waals surface area contributed by atoms with E-state index in [1.54, 1.807) is 13.8 Å². The van der Waals surface area contributed by atoms with Crippen molar-refractivity contribution in [3.63, 3.8) is 0 Å². The summed E-state index contributed by atoms with van der Waals surface area (Å²) in [5.74, 6) is 0. The van der Waals surface area contributed by atoms with E-state index in [0.717, 1.165) is 0 Å². The molecule has 0 amide bonds. The van der Waals surface area contributed by atoms with Gasteiger partial charge in [0.1, 0.15) is 0 Å². The normalized spacial score (nSPS) is 9.18. The number of aliphatic hydroxyl groups is 1. The summed E-state index contributed by atoms with van der Waals surface area (Å²) in [4.78, 5) is 3.11. The van der Waals surface area contributed by atoms with Crippen LogP contribution in [-0.2, 0) is 4.74 Å². The first kappa shape index (κ1) is 12.6. The fraction of sp³-hybridized carbons (Fsp3) is 0.625. The second-order valence-corrected chi connectivity index (χ2v) is 1.64. The summed E-state index contributed by atoms with van der Waals surface area (Å²) >= 11 is 0.